The number of pyridine rings is 1. The molecule has 2 aromatic rings. The van der Waals surface area contributed by atoms with Crippen LogP contribution in [0.15, 0.2) is 30.3 Å². The van der Waals surface area contributed by atoms with Gasteiger partial charge in [0, 0.05) is 11.9 Å². The molecule has 0 unspecified atom stereocenters. The lowest BCUT2D eigenvalue weighted by Gasteiger charge is -2.08. The summed E-state index contributed by atoms with van der Waals surface area (Å²) in [5.74, 6) is 0.281. The van der Waals surface area contributed by atoms with Gasteiger partial charge in [-0.1, -0.05) is 31.5 Å². The van der Waals surface area contributed by atoms with Crippen LogP contribution in [0.2, 0.25) is 0 Å². The monoisotopic (exact) mass is 243 g/mol. The smallest absolute Gasteiger partial charge is 0.252 e. The molecule has 18 heavy (non-hydrogen) atoms. The summed E-state index contributed by atoms with van der Waals surface area (Å²) in [4.78, 5) is 16.3. The van der Waals surface area contributed by atoms with Crippen molar-refractivity contribution >= 4 is 22.6 Å². The summed E-state index contributed by atoms with van der Waals surface area (Å²) >= 11 is 0. The first kappa shape index (κ1) is 12.4. The van der Waals surface area contributed by atoms with Gasteiger partial charge < -0.3 is 11.1 Å². The molecule has 0 radical (unpaired) electrons. The van der Waals surface area contributed by atoms with Gasteiger partial charge in [0.1, 0.15) is 5.82 Å². The molecule has 1 heterocycles. The highest BCUT2D eigenvalue weighted by Crippen LogP contribution is 2.19. The second-order valence-corrected chi connectivity index (χ2v) is 4.22. The van der Waals surface area contributed by atoms with Gasteiger partial charge in [0.05, 0.1) is 11.1 Å². The lowest BCUT2D eigenvalue weighted by atomic mass is 10.1. The van der Waals surface area contributed by atoms with Gasteiger partial charge in [0.15, 0.2) is 0 Å². The number of hydrogen-bond donors (Lipinski definition) is 2. The van der Waals surface area contributed by atoms with Crippen LogP contribution in [-0.4, -0.2) is 17.4 Å². The Bertz CT molecular complexity index is 566. The van der Waals surface area contributed by atoms with Gasteiger partial charge in [-0.15, -0.1) is 0 Å². The fourth-order valence-corrected chi connectivity index (χ4v) is 1.86. The van der Waals surface area contributed by atoms with Crippen LogP contribution in [-0.2, 0) is 0 Å². The number of para-hydroxylation sites is 1. The average molecular weight is 243 g/mol. The second-order valence-electron chi connectivity index (χ2n) is 4.22. The fraction of sp³-hybridized carbons (Fsp3) is 0.286. The Labute approximate surface area is 106 Å². The normalized spacial score (nSPS) is 10.5. The van der Waals surface area contributed by atoms with E-state index >= 15 is 0 Å². The number of hydrogen-bond acceptors (Lipinski definition) is 3. The van der Waals surface area contributed by atoms with Crippen molar-refractivity contribution in [3.8, 4) is 0 Å². The molecule has 0 aliphatic heterocycles. The van der Waals surface area contributed by atoms with Crippen LogP contribution >= 0.6 is 0 Å². The third-order valence-electron chi connectivity index (χ3n) is 2.80. The highest BCUT2D eigenvalue weighted by Gasteiger charge is 2.11. The van der Waals surface area contributed by atoms with Gasteiger partial charge in [0.2, 0.25) is 0 Å². The largest absolute Gasteiger partial charge is 0.384 e. The first-order valence-electron chi connectivity index (χ1n) is 6.16. The van der Waals surface area contributed by atoms with Crippen molar-refractivity contribution in [1.29, 1.82) is 0 Å². The number of benzene rings is 1. The van der Waals surface area contributed by atoms with E-state index in [9.17, 15) is 4.79 Å². The molecule has 0 bridgehead atoms. The Morgan fingerprint density at radius 3 is 2.94 bits per heavy atom. The Kier molecular flexibility index (Phi) is 3.77. The van der Waals surface area contributed by atoms with E-state index in [4.69, 9.17) is 5.73 Å². The van der Waals surface area contributed by atoms with Gasteiger partial charge in [-0.05, 0) is 18.6 Å². The van der Waals surface area contributed by atoms with Crippen LogP contribution in [0.4, 0.5) is 5.82 Å². The maximum absolute atomic E-state index is 12.1. The number of amides is 1. The quantitative estimate of drug-likeness (QED) is 0.810. The number of fused-ring (bicyclic) bond motifs is 1. The Hall–Kier alpha value is -2.10. The van der Waals surface area contributed by atoms with Crippen molar-refractivity contribution in [3.05, 3.63) is 35.9 Å². The van der Waals surface area contributed by atoms with E-state index in [2.05, 4.69) is 17.2 Å². The fourth-order valence-electron chi connectivity index (χ4n) is 1.86. The van der Waals surface area contributed by atoms with Crippen molar-refractivity contribution in [2.45, 2.75) is 19.8 Å². The van der Waals surface area contributed by atoms with Crippen LogP contribution in [0.3, 0.4) is 0 Å². The Morgan fingerprint density at radius 2 is 2.17 bits per heavy atom. The Morgan fingerprint density at radius 1 is 1.39 bits per heavy atom. The molecule has 0 saturated heterocycles. The third-order valence-corrected chi connectivity index (χ3v) is 2.80. The van der Waals surface area contributed by atoms with Crippen LogP contribution in [0.5, 0.6) is 0 Å². The minimum Gasteiger partial charge on any atom is -0.384 e. The number of rotatable bonds is 4. The topological polar surface area (TPSA) is 68.0 Å². The number of nitrogens with one attached hydrogen (secondary N) is 1. The number of nitrogens with two attached hydrogens (primary N) is 1. The number of nitrogens with zero attached hydrogens (tertiary/aromatic N) is 1. The molecular weight excluding hydrogens is 226 g/mol. The molecule has 94 valence electrons. The van der Waals surface area contributed by atoms with E-state index in [1.54, 1.807) is 6.07 Å². The van der Waals surface area contributed by atoms with Gasteiger partial charge >= 0.3 is 0 Å². The third kappa shape index (κ3) is 2.59. The summed E-state index contributed by atoms with van der Waals surface area (Å²) in [6, 6.07) is 9.14. The number of aromatic nitrogens is 1. The molecule has 4 heteroatoms. The molecule has 0 spiro atoms. The number of anilines is 1. The standard InChI is InChI=1S/C14H17N3O/c1-2-3-8-16-14(18)11-9-13(15)17-12-7-5-4-6-10(11)12/h4-7,9H,2-3,8H2,1H3,(H2,15,17)(H,16,18). The van der Waals surface area contributed by atoms with E-state index in [1.165, 1.54) is 0 Å². The van der Waals surface area contributed by atoms with E-state index < -0.39 is 0 Å². The van der Waals surface area contributed by atoms with Crippen molar-refractivity contribution < 1.29 is 4.79 Å². The zero-order valence-corrected chi connectivity index (χ0v) is 10.4. The maximum Gasteiger partial charge on any atom is 0.252 e. The predicted molar refractivity (Wildman–Crippen MR) is 73.4 cm³/mol. The zero-order valence-electron chi connectivity index (χ0n) is 10.4. The molecule has 2 rings (SSSR count). The summed E-state index contributed by atoms with van der Waals surface area (Å²) < 4.78 is 0. The lowest BCUT2D eigenvalue weighted by molar-refractivity contribution is 0.0955. The van der Waals surface area contributed by atoms with E-state index in [0.29, 0.717) is 17.9 Å². The maximum atomic E-state index is 12.1. The Balaban J connectivity index is 2.34. The van der Waals surface area contributed by atoms with Gasteiger partial charge in [-0.3, -0.25) is 4.79 Å². The second kappa shape index (κ2) is 5.49. The van der Waals surface area contributed by atoms with Crippen molar-refractivity contribution in [3.63, 3.8) is 0 Å². The molecule has 0 atom stereocenters. The molecule has 0 fully saturated rings. The zero-order chi connectivity index (χ0) is 13.0. The van der Waals surface area contributed by atoms with Crippen LogP contribution in [0.25, 0.3) is 10.9 Å². The van der Waals surface area contributed by atoms with E-state index in [0.717, 1.165) is 23.7 Å². The molecular formula is C14H17N3O. The minimum absolute atomic E-state index is 0.0891. The molecule has 3 N–H and O–H groups in total. The summed E-state index contributed by atoms with van der Waals surface area (Å²) in [7, 11) is 0. The highest BCUT2D eigenvalue weighted by atomic mass is 16.1. The van der Waals surface area contributed by atoms with Crippen LogP contribution in [0.1, 0.15) is 30.1 Å². The van der Waals surface area contributed by atoms with Crippen molar-refractivity contribution in [2.24, 2.45) is 0 Å². The average Bonchev–Trinajstić information content (AvgIpc) is 2.38. The van der Waals surface area contributed by atoms with Gasteiger partial charge in [-0.25, -0.2) is 4.98 Å². The summed E-state index contributed by atoms with van der Waals surface area (Å²) in [5.41, 5.74) is 7.07. The highest BCUT2D eigenvalue weighted by molar-refractivity contribution is 6.06. The predicted octanol–water partition coefficient (Wildman–Crippen LogP) is 2.35. The number of carbonyl (C=O) groups excluding carboxylic acids is 1. The minimum atomic E-state index is -0.0891. The number of unbranched alkanes of at least 4 members (excludes halogenated alkanes) is 1. The SMILES string of the molecule is CCCCNC(=O)c1cc(N)nc2ccccc12. The van der Waals surface area contributed by atoms with Crippen LogP contribution in [0, 0.1) is 0 Å². The number of carbonyl (C=O) groups is 1. The molecule has 1 amide bonds. The van der Waals surface area contributed by atoms with Crippen molar-refractivity contribution in [2.75, 3.05) is 12.3 Å². The number of nitrogen functional groups attached to an aromatic ring is 1. The van der Waals surface area contributed by atoms with E-state index in [-0.39, 0.29) is 5.91 Å². The van der Waals surface area contributed by atoms with Gasteiger partial charge in [0.25, 0.3) is 5.91 Å². The molecule has 1 aromatic carbocycles. The lowest BCUT2D eigenvalue weighted by Crippen LogP contribution is -2.24. The van der Waals surface area contributed by atoms with Crippen LogP contribution < -0.4 is 11.1 Å². The van der Waals surface area contributed by atoms with Crippen molar-refractivity contribution in [1.82, 2.24) is 10.3 Å². The summed E-state index contributed by atoms with van der Waals surface area (Å²) in [5, 5.41) is 3.73. The van der Waals surface area contributed by atoms with E-state index in [1.807, 2.05) is 24.3 Å². The first-order valence-corrected chi connectivity index (χ1v) is 6.16. The summed E-state index contributed by atoms with van der Waals surface area (Å²) in [6.07, 6.45) is 2.03. The molecule has 1 aromatic heterocycles. The molecule has 0 saturated carbocycles. The van der Waals surface area contributed by atoms with Gasteiger partial charge in [-0.2, -0.15) is 0 Å². The summed E-state index contributed by atoms with van der Waals surface area (Å²) in [6.45, 7) is 2.78. The molecule has 0 aliphatic rings. The first-order chi connectivity index (χ1) is 8.72. The molecule has 4 nitrogen and oxygen atoms in total. The molecule has 0 aliphatic carbocycles.